The predicted octanol–water partition coefficient (Wildman–Crippen LogP) is 1.24. The van der Waals surface area contributed by atoms with Gasteiger partial charge in [0.15, 0.2) is 0 Å². The molecule has 9 heteroatoms. The SMILES string of the molecule is COc1nc(C)c(NS(=O)(=O)c2c(C)n[nH]c2C)c(C)n1. The zero-order valence-corrected chi connectivity index (χ0v) is 13.3. The molecule has 8 nitrogen and oxygen atoms in total. The minimum absolute atomic E-state index is 0.136. The van der Waals surface area contributed by atoms with E-state index >= 15 is 0 Å². The Bertz CT molecular complexity index is 740. The summed E-state index contributed by atoms with van der Waals surface area (Å²) >= 11 is 0. The number of aromatic amines is 1. The van der Waals surface area contributed by atoms with Crippen LogP contribution in [0.2, 0.25) is 0 Å². The average molecular weight is 311 g/mol. The lowest BCUT2D eigenvalue weighted by molar-refractivity contribution is 0.378. The molecule has 0 aliphatic carbocycles. The Labute approximate surface area is 123 Å². The zero-order chi connectivity index (χ0) is 15.8. The summed E-state index contributed by atoms with van der Waals surface area (Å²) in [6.07, 6.45) is 0. The van der Waals surface area contributed by atoms with Crippen molar-refractivity contribution in [2.75, 3.05) is 11.8 Å². The molecule has 0 unspecified atom stereocenters. The highest BCUT2D eigenvalue weighted by Crippen LogP contribution is 2.25. The number of ether oxygens (including phenoxy) is 1. The fourth-order valence-electron chi connectivity index (χ4n) is 2.05. The summed E-state index contributed by atoms with van der Waals surface area (Å²) in [5.41, 5.74) is 2.20. The fraction of sp³-hybridized carbons (Fsp3) is 0.417. The number of aryl methyl sites for hydroxylation is 4. The van der Waals surface area contributed by atoms with E-state index in [2.05, 4.69) is 24.9 Å². The van der Waals surface area contributed by atoms with Crippen molar-refractivity contribution < 1.29 is 13.2 Å². The maximum Gasteiger partial charge on any atom is 0.316 e. The van der Waals surface area contributed by atoms with Crippen molar-refractivity contribution in [3.8, 4) is 6.01 Å². The van der Waals surface area contributed by atoms with E-state index in [1.54, 1.807) is 27.7 Å². The van der Waals surface area contributed by atoms with Gasteiger partial charge in [-0.1, -0.05) is 0 Å². The predicted molar refractivity (Wildman–Crippen MR) is 76.9 cm³/mol. The first-order valence-electron chi connectivity index (χ1n) is 6.20. The lowest BCUT2D eigenvalue weighted by Gasteiger charge is -2.13. The number of aromatic nitrogens is 4. The van der Waals surface area contributed by atoms with Crippen molar-refractivity contribution in [3.05, 3.63) is 22.8 Å². The standard InChI is InChI=1S/C12H17N5O3S/c1-6-10(7(2)14-12(13-6)20-5)17-21(18,19)11-8(3)15-16-9(11)4/h17H,1-5H3,(H,15,16). The summed E-state index contributed by atoms with van der Waals surface area (Å²) in [7, 11) is -2.31. The van der Waals surface area contributed by atoms with Gasteiger partial charge in [-0.15, -0.1) is 0 Å². The van der Waals surface area contributed by atoms with Crippen molar-refractivity contribution >= 4 is 15.7 Å². The van der Waals surface area contributed by atoms with Gasteiger partial charge in [-0.25, -0.2) is 8.42 Å². The molecule has 2 aromatic rings. The Morgan fingerprint density at radius 2 is 1.62 bits per heavy atom. The third-order valence-corrected chi connectivity index (χ3v) is 4.61. The summed E-state index contributed by atoms with van der Waals surface area (Å²) < 4.78 is 32.5. The number of nitrogens with one attached hydrogen (secondary N) is 2. The fourth-order valence-corrected chi connectivity index (χ4v) is 3.60. The Morgan fingerprint density at radius 3 is 2.05 bits per heavy atom. The summed E-state index contributed by atoms with van der Waals surface area (Å²) in [4.78, 5) is 8.29. The first-order valence-corrected chi connectivity index (χ1v) is 7.68. The summed E-state index contributed by atoms with van der Waals surface area (Å²) in [6, 6.07) is 0.198. The van der Waals surface area contributed by atoms with Crippen LogP contribution >= 0.6 is 0 Å². The van der Waals surface area contributed by atoms with E-state index in [1.807, 2.05) is 0 Å². The molecule has 0 saturated heterocycles. The molecule has 0 saturated carbocycles. The average Bonchev–Trinajstić information content (AvgIpc) is 2.73. The van der Waals surface area contributed by atoms with Crippen LogP contribution in [0.15, 0.2) is 4.90 Å². The summed E-state index contributed by atoms with van der Waals surface area (Å²) in [5, 5.41) is 6.56. The Morgan fingerprint density at radius 1 is 1.05 bits per heavy atom. The molecule has 0 bridgehead atoms. The molecule has 2 aromatic heterocycles. The van der Waals surface area contributed by atoms with E-state index in [0.29, 0.717) is 28.5 Å². The molecule has 21 heavy (non-hydrogen) atoms. The van der Waals surface area contributed by atoms with Gasteiger partial charge in [0, 0.05) is 0 Å². The van der Waals surface area contributed by atoms with Gasteiger partial charge in [0.2, 0.25) is 0 Å². The molecule has 114 valence electrons. The van der Waals surface area contributed by atoms with Crippen LogP contribution in [0.4, 0.5) is 5.69 Å². The highest BCUT2D eigenvalue weighted by molar-refractivity contribution is 7.92. The van der Waals surface area contributed by atoms with E-state index in [1.165, 1.54) is 7.11 Å². The minimum atomic E-state index is -3.76. The Balaban J connectivity index is 2.47. The van der Waals surface area contributed by atoms with E-state index in [9.17, 15) is 8.42 Å². The topological polar surface area (TPSA) is 110 Å². The Hall–Kier alpha value is -2.16. The second-order valence-electron chi connectivity index (χ2n) is 4.62. The van der Waals surface area contributed by atoms with Gasteiger partial charge >= 0.3 is 6.01 Å². The summed E-state index contributed by atoms with van der Waals surface area (Å²) in [6.45, 7) is 6.65. The number of nitrogens with zero attached hydrogens (tertiary/aromatic N) is 3. The van der Waals surface area contributed by atoms with Gasteiger partial charge in [-0.3, -0.25) is 9.82 Å². The normalized spacial score (nSPS) is 11.5. The van der Waals surface area contributed by atoms with Crippen LogP contribution in [0.3, 0.4) is 0 Å². The zero-order valence-electron chi connectivity index (χ0n) is 12.5. The number of rotatable bonds is 4. The minimum Gasteiger partial charge on any atom is -0.467 e. The number of methoxy groups -OCH3 is 1. The highest BCUT2D eigenvalue weighted by atomic mass is 32.2. The maximum absolute atomic E-state index is 12.5. The molecule has 0 spiro atoms. The van der Waals surface area contributed by atoms with Crippen molar-refractivity contribution in [1.29, 1.82) is 0 Å². The molecule has 2 heterocycles. The largest absolute Gasteiger partial charge is 0.467 e. The molecule has 0 atom stereocenters. The van der Waals surface area contributed by atoms with E-state index in [-0.39, 0.29) is 10.9 Å². The number of hydrogen-bond donors (Lipinski definition) is 2. The summed E-state index contributed by atoms with van der Waals surface area (Å²) in [5.74, 6) is 0. The number of sulfonamides is 1. The van der Waals surface area contributed by atoms with E-state index < -0.39 is 10.0 Å². The smallest absolute Gasteiger partial charge is 0.316 e. The van der Waals surface area contributed by atoms with Crippen molar-refractivity contribution in [2.45, 2.75) is 32.6 Å². The molecule has 0 radical (unpaired) electrons. The first kappa shape index (κ1) is 15.2. The van der Waals surface area contributed by atoms with Crippen molar-refractivity contribution in [1.82, 2.24) is 20.2 Å². The highest BCUT2D eigenvalue weighted by Gasteiger charge is 2.24. The van der Waals surface area contributed by atoms with Crippen molar-refractivity contribution in [2.24, 2.45) is 0 Å². The molecular formula is C12H17N5O3S. The van der Waals surface area contributed by atoms with Gasteiger partial charge in [-0.05, 0) is 27.7 Å². The molecule has 2 N–H and O–H groups in total. The lowest BCUT2D eigenvalue weighted by Crippen LogP contribution is -2.17. The number of H-pyrrole nitrogens is 1. The van der Waals surface area contributed by atoms with Crippen LogP contribution in [-0.4, -0.2) is 35.7 Å². The van der Waals surface area contributed by atoms with Gasteiger partial charge in [0.25, 0.3) is 10.0 Å². The third-order valence-electron chi connectivity index (χ3n) is 3.00. The molecule has 0 amide bonds. The molecule has 0 aliphatic heterocycles. The van der Waals surface area contributed by atoms with Crippen LogP contribution in [0, 0.1) is 27.7 Å². The first-order chi connectivity index (χ1) is 9.76. The quantitative estimate of drug-likeness (QED) is 0.879. The lowest BCUT2D eigenvalue weighted by atomic mass is 10.3. The van der Waals surface area contributed by atoms with E-state index in [4.69, 9.17) is 4.74 Å². The van der Waals surface area contributed by atoms with Crippen LogP contribution in [0.25, 0.3) is 0 Å². The van der Waals surface area contributed by atoms with Crippen LogP contribution in [0.5, 0.6) is 6.01 Å². The van der Waals surface area contributed by atoms with Crippen molar-refractivity contribution in [3.63, 3.8) is 0 Å². The molecule has 0 fully saturated rings. The molecule has 2 rings (SSSR count). The van der Waals surface area contributed by atoms with Gasteiger partial charge in [0.1, 0.15) is 4.90 Å². The number of hydrogen-bond acceptors (Lipinski definition) is 6. The maximum atomic E-state index is 12.5. The van der Waals surface area contributed by atoms with Crippen LogP contribution in [0.1, 0.15) is 22.8 Å². The van der Waals surface area contributed by atoms with E-state index in [0.717, 1.165) is 0 Å². The second-order valence-corrected chi connectivity index (χ2v) is 6.24. The third kappa shape index (κ3) is 2.82. The Kier molecular flexibility index (Phi) is 3.86. The second kappa shape index (κ2) is 5.32. The monoisotopic (exact) mass is 311 g/mol. The van der Waals surface area contributed by atoms with Gasteiger partial charge < -0.3 is 4.74 Å². The van der Waals surface area contributed by atoms with Crippen LogP contribution in [-0.2, 0) is 10.0 Å². The van der Waals surface area contributed by atoms with Gasteiger partial charge in [-0.2, -0.15) is 15.1 Å². The number of anilines is 1. The van der Waals surface area contributed by atoms with Crippen LogP contribution < -0.4 is 9.46 Å². The molecule has 0 aliphatic rings. The molecule has 0 aromatic carbocycles. The molecular weight excluding hydrogens is 294 g/mol. The van der Waals surface area contributed by atoms with Gasteiger partial charge in [0.05, 0.1) is 35.6 Å².